The zero-order valence-corrected chi connectivity index (χ0v) is 23.6. The fourth-order valence-corrected chi connectivity index (χ4v) is 4.92. The van der Waals surface area contributed by atoms with E-state index in [2.05, 4.69) is 20.7 Å². The summed E-state index contributed by atoms with van der Waals surface area (Å²) in [6.45, 7) is 6.55. The molecule has 212 valence electrons. The van der Waals surface area contributed by atoms with Gasteiger partial charge in [-0.3, -0.25) is 9.78 Å². The first-order chi connectivity index (χ1) is 18.4. The number of fused-ring (bicyclic) bond motifs is 1. The Hall–Kier alpha value is -3.83. The minimum atomic E-state index is -4.18. The average molecular weight is 563 g/mol. The molecule has 2 heterocycles. The molecule has 1 fully saturated rings. The average Bonchev–Trinajstić information content (AvgIpc) is 3.11. The van der Waals surface area contributed by atoms with Crippen LogP contribution in [0.5, 0.6) is 11.5 Å². The fraction of sp³-hybridized carbons (Fsp3) is 0.520. The molecular weight excluding hydrogens is 528 g/mol. The van der Waals surface area contributed by atoms with Gasteiger partial charge >= 0.3 is 16.3 Å². The van der Waals surface area contributed by atoms with Crippen molar-refractivity contribution >= 4 is 38.8 Å². The number of hydrogen-bond donors (Lipinski definition) is 2. The SMILES string of the molecule is COc1cc2ncc(C#N)c(N3CCCN(C(=O)CCNS(=O)(=O)NC(=O)OC(C)(C)C)CC3)c2cc1OC. The Labute approximate surface area is 228 Å². The number of pyridine rings is 1. The molecule has 14 heteroatoms. The highest BCUT2D eigenvalue weighted by Gasteiger charge is 2.25. The number of ether oxygens (including phenoxy) is 3. The summed E-state index contributed by atoms with van der Waals surface area (Å²) >= 11 is 0. The summed E-state index contributed by atoms with van der Waals surface area (Å²) in [6.07, 6.45) is 0.966. The van der Waals surface area contributed by atoms with Crippen LogP contribution in [0.1, 0.15) is 39.2 Å². The van der Waals surface area contributed by atoms with E-state index in [0.717, 1.165) is 5.39 Å². The summed E-state index contributed by atoms with van der Waals surface area (Å²) in [7, 11) is -1.11. The number of carbonyl (C=O) groups is 2. The van der Waals surface area contributed by atoms with Crippen molar-refractivity contribution in [3.05, 3.63) is 23.9 Å². The smallest absolute Gasteiger partial charge is 0.422 e. The molecule has 1 aromatic heterocycles. The van der Waals surface area contributed by atoms with Crippen LogP contribution in [-0.4, -0.2) is 82.8 Å². The van der Waals surface area contributed by atoms with Gasteiger partial charge in [0.2, 0.25) is 5.91 Å². The molecule has 39 heavy (non-hydrogen) atoms. The maximum absolute atomic E-state index is 12.8. The lowest BCUT2D eigenvalue weighted by Crippen LogP contribution is -2.44. The van der Waals surface area contributed by atoms with Crippen molar-refractivity contribution in [1.29, 1.82) is 5.26 Å². The van der Waals surface area contributed by atoms with Gasteiger partial charge in [-0.2, -0.15) is 18.4 Å². The van der Waals surface area contributed by atoms with Crippen LogP contribution < -0.4 is 23.8 Å². The number of nitrogens with zero attached hydrogens (tertiary/aromatic N) is 4. The van der Waals surface area contributed by atoms with E-state index >= 15 is 0 Å². The van der Waals surface area contributed by atoms with Crippen molar-refractivity contribution < 1.29 is 32.2 Å². The van der Waals surface area contributed by atoms with Gasteiger partial charge in [-0.25, -0.2) is 9.52 Å². The van der Waals surface area contributed by atoms with Gasteiger partial charge in [-0.05, 0) is 33.3 Å². The van der Waals surface area contributed by atoms with Crippen LogP contribution >= 0.6 is 0 Å². The molecule has 1 aliphatic rings. The van der Waals surface area contributed by atoms with E-state index < -0.39 is 21.9 Å². The molecule has 2 aromatic rings. The van der Waals surface area contributed by atoms with Crippen molar-refractivity contribution in [3.8, 4) is 17.6 Å². The van der Waals surface area contributed by atoms with E-state index in [9.17, 15) is 23.3 Å². The fourth-order valence-electron chi connectivity index (χ4n) is 4.21. The third kappa shape index (κ3) is 7.84. The highest BCUT2D eigenvalue weighted by Crippen LogP contribution is 2.37. The van der Waals surface area contributed by atoms with Gasteiger partial charge < -0.3 is 24.0 Å². The van der Waals surface area contributed by atoms with Crippen molar-refractivity contribution in [1.82, 2.24) is 19.3 Å². The molecule has 13 nitrogen and oxygen atoms in total. The Balaban J connectivity index is 1.66. The van der Waals surface area contributed by atoms with E-state index in [0.29, 0.717) is 60.9 Å². The lowest BCUT2D eigenvalue weighted by Gasteiger charge is -2.26. The molecule has 0 saturated carbocycles. The Morgan fingerprint density at radius 3 is 2.44 bits per heavy atom. The normalized spacial score (nSPS) is 14.4. The minimum absolute atomic E-state index is 0.0894. The summed E-state index contributed by atoms with van der Waals surface area (Å²) in [5.74, 6) is 0.805. The molecule has 0 bridgehead atoms. The monoisotopic (exact) mass is 562 g/mol. The largest absolute Gasteiger partial charge is 0.493 e. The molecule has 3 rings (SSSR count). The van der Waals surface area contributed by atoms with Crippen LogP contribution in [0.15, 0.2) is 18.3 Å². The second-order valence-electron chi connectivity index (χ2n) is 9.83. The third-order valence-electron chi connectivity index (χ3n) is 5.88. The van der Waals surface area contributed by atoms with E-state index in [1.807, 2.05) is 0 Å². The van der Waals surface area contributed by atoms with Crippen molar-refractivity contribution in [2.75, 3.05) is 51.8 Å². The van der Waals surface area contributed by atoms with Gasteiger partial charge in [0.05, 0.1) is 31.0 Å². The molecule has 1 saturated heterocycles. The molecule has 1 aromatic carbocycles. The molecule has 2 amide bonds. The topological polar surface area (TPSA) is 163 Å². The quantitative estimate of drug-likeness (QED) is 0.486. The standard InChI is InChI=1S/C25H34N6O7S/c1-25(2,3)38-24(33)29-39(34,35)28-8-7-22(32)30-9-6-10-31(12-11-30)23-17(15-26)16-27-19-14-21(37-5)20(36-4)13-18(19)23/h13-14,16,28H,6-12H2,1-5H3,(H,29,33). The molecule has 0 radical (unpaired) electrons. The number of methoxy groups -OCH3 is 2. The zero-order chi connectivity index (χ0) is 28.8. The molecular formula is C25H34N6O7S. The predicted molar refractivity (Wildman–Crippen MR) is 144 cm³/mol. The van der Waals surface area contributed by atoms with E-state index in [4.69, 9.17) is 14.2 Å². The molecule has 0 atom stereocenters. The van der Waals surface area contributed by atoms with Crippen LogP contribution in [0, 0.1) is 11.3 Å². The van der Waals surface area contributed by atoms with E-state index in [-0.39, 0.29) is 18.9 Å². The Bertz CT molecular complexity index is 1370. The maximum Gasteiger partial charge on any atom is 0.422 e. The maximum atomic E-state index is 12.8. The summed E-state index contributed by atoms with van der Waals surface area (Å²) in [5.41, 5.74) is 0.900. The van der Waals surface area contributed by atoms with Gasteiger partial charge in [-0.1, -0.05) is 0 Å². The van der Waals surface area contributed by atoms with Gasteiger partial charge in [0, 0.05) is 56.8 Å². The zero-order valence-electron chi connectivity index (χ0n) is 22.7. The highest BCUT2D eigenvalue weighted by molar-refractivity contribution is 7.88. The lowest BCUT2D eigenvalue weighted by molar-refractivity contribution is -0.130. The van der Waals surface area contributed by atoms with Crippen LogP contribution in [0.2, 0.25) is 0 Å². The van der Waals surface area contributed by atoms with Gasteiger partial charge in [-0.15, -0.1) is 0 Å². The van der Waals surface area contributed by atoms with Crippen LogP contribution in [-0.2, 0) is 19.7 Å². The number of nitriles is 1. The molecule has 0 unspecified atom stereocenters. The summed E-state index contributed by atoms with van der Waals surface area (Å²) in [4.78, 5) is 32.7. The van der Waals surface area contributed by atoms with Crippen molar-refractivity contribution in [2.45, 2.75) is 39.2 Å². The number of benzene rings is 1. The van der Waals surface area contributed by atoms with Gasteiger partial charge in [0.25, 0.3) is 0 Å². The first kappa shape index (κ1) is 29.7. The number of aromatic nitrogens is 1. The van der Waals surface area contributed by atoms with Gasteiger partial charge in [0.15, 0.2) is 11.5 Å². The lowest BCUT2D eigenvalue weighted by atomic mass is 10.1. The number of carbonyl (C=O) groups excluding carboxylic acids is 2. The van der Waals surface area contributed by atoms with Crippen LogP contribution in [0.3, 0.4) is 0 Å². The Morgan fingerprint density at radius 1 is 1.10 bits per heavy atom. The summed E-state index contributed by atoms with van der Waals surface area (Å²) < 4.78 is 43.9. The predicted octanol–water partition coefficient (Wildman–Crippen LogP) is 1.91. The number of rotatable bonds is 8. The summed E-state index contributed by atoms with van der Waals surface area (Å²) in [5, 5.41) is 10.5. The molecule has 1 aliphatic heterocycles. The van der Waals surface area contributed by atoms with Crippen LogP contribution in [0.25, 0.3) is 10.9 Å². The molecule has 0 aliphatic carbocycles. The molecule has 0 spiro atoms. The van der Waals surface area contributed by atoms with E-state index in [1.54, 1.807) is 42.5 Å². The number of nitrogens with one attached hydrogen (secondary N) is 2. The Morgan fingerprint density at radius 2 is 1.79 bits per heavy atom. The number of amides is 2. The van der Waals surface area contributed by atoms with Crippen molar-refractivity contribution in [3.63, 3.8) is 0 Å². The second-order valence-corrected chi connectivity index (χ2v) is 11.3. The van der Waals surface area contributed by atoms with Crippen molar-refractivity contribution in [2.24, 2.45) is 0 Å². The first-order valence-electron chi connectivity index (χ1n) is 12.4. The first-order valence-corrected chi connectivity index (χ1v) is 13.8. The Kier molecular flexibility index (Phi) is 9.41. The number of anilines is 1. The summed E-state index contributed by atoms with van der Waals surface area (Å²) in [6, 6.07) is 5.76. The second kappa shape index (κ2) is 12.4. The minimum Gasteiger partial charge on any atom is -0.493 e. The third-order valence-corrected chi connectivity index (χ3v) is 6.90. The number of hydrogen-bond acceptors (Lipinski definition) is 10. The molecule has 2 N–H and O–H groups in total. The van der Waals surface area contributed by atoms with Crippen LogP contribution in [0.4, 0.5) is 10.5 Å². The van der Waals surface area contributed by atoms with E-state index in [1.165, 1.54) is 20.4 Å². The van der Waals surface area contributed by atoms with Gasteiger partial charge in [0.1, 0.15) is 11.7 Å². The highest BCUT2D eigenvalue weighted by atomic mass is 32.2.